The van der Waals surface area contributed by atoms with Crippen LogP contribution in [0.5, 0.6) is 0 Å². The molecule has 0 saturated heterocycles. The number of halogens is 1. The predicted molar refractivity (Wildman–Crippen MR) is 77.3 cm³/mol. The van der Waals surface area contributed by atoms with Crippen LogP contribution >= 0.6 is 22.9 Å². The molecule has 0 saturated carbocycles. The molecule has 1 atom stereocenters. The molecular formula is C13H12ClN3S. The molecule has 0 fully saturated rings. The van der Waals surface area contributed by atoms with Gasteiger partial charge in [0.05, 0.1) is 17.1 Å². The van der Waals surface area contributed by atoms with Crippen molar-refractivity contribution in [3.05, 3.63) is 45.6 Å². The minimum absolute atomic E-state index is 0.177. The summed E-state index contributed by atoms with van der Waals surface area (Å²) in [7, 11) is 0. The number of aromatic nitrogens is 2. The van der Waals surface area contributed by atoms with E-state index < -0.39 is 0 Å². The monoisotopic (exact) mass is 277 g/mol. The van der Waals surface area contributed by atoms with Crippen LogP contribution in [0.2, 0.25) is 5.02 Å². The number of nitrogens with zero attached hydrogens (tertiary/aromatic N) is 2. The van der Waals surface area contributed by atoms with Crippen molar-refractivity contribution in [2.45, 2.75) is 13.0 Å². The van der Waals surface area contributed by atoms with Crippen molar-refractivity contribution in [1.29, 1.82) is 0 Å². The van der Waals surface area contributed by atoms with E-state index in [0.29, 0.717) is 11.0 Å². The molecule has 0 spiro atoms. The maximum absolute atomic E-state index is 6.02. The summed E-state index contributed by atoms with van der Waals surface area (Å²) < 4.78 is 2.04. The number of nitrogens with two attached hydrogens (primary N) is 1. The smallest absolute Gasteiger partial charge is 0.201 e. The van der Waals surface area contributed by atoms with E-state index in [1.807, 2.05) is 28.8 Å². The third-order valence-corrected chi connectivity index (χ3v) is 4.30. The van der Waals surface area contributed by atoms with Crippen LogP contribution in [0.3, 0.4) is 0 Å². The molecule has 0 aliphatic carbocycles. The van der Waals surface area contributed by atoms with Crippen molar-refractivity contribution in [2.75, 3.05) is 5.73 Å². The highest BCUT2D eigenvalue weighted by atomic mass is 35.5. The zero-order chi connectivity index (χ0) is 12.7. The third kappa shape index (κ3) is 1.78. The fraction of sp³-hybridized carbons (Fsp3) is 0.154. The van der Waals surface area contributed by atoms with E-state index in [-0.39, 0.29) is 6.04 Å². The molecule has 0 aliphatic heterocycles. The number of anilines is 1. The Morgan fingerprint density at radius 2 is 2.22 bits per heavy atom. The fourth-order valence-corrected chi connectivity index (χ4v) is 3.09. The SMILES string of the molecule is CC(c1cccs1)n1c(N)nc2cc(Cl)ccc21. The van der Waals surface area contributed by atoms with Gasteiger partial charge in [-0.1, -0.05) is 17.7 Å². The summed E-state index contributed by atoms with van der Waals surface area (Å²) in [5, 5.41) is 2.74. The molecule has 0 radical (unpaired) electrons. The molecule has 3 nitrogen and oxygen atoms in total. The Morgan fingerprint density at radius 1 is 1.39 bits per heavy atom. The summed E-state index contributed by atoms with van der Waals surface area (Å²) in [6.45, 7) is 2.12. The number of hydrogen-bond acceptors (Lipinski definition) is 3. The molecule has 92 valence electrons. The van der Waals surface area contributed by atoms with Gasteiger partial charge < -0.3 is 10.3 Å². The van der Waals surface area contributed by atoms with Gasteiger partial charge in [0.1, 0.15) is 0 Å². The Kier molecular flexibility index (Phi) is 2.76. The molecule has 0 bridgehead atoms. The van der Waals surface area contributed by atoms with E-state index in [1.54, 1.807) is 11.3 Å². The third-order valence-electron chi connectivity index (χ3n) is 3.02. The lowest BCUT2D eigenvalue weighted by Crippen LogP contribution is -2.08. The first-order chi connectivity index (χ1) is 8.66. The van der Waals surface area contributed by atoms with Gasteiger partial charge in [0.2, 0.25) is 5.95 Å². The first kappa shape index (κ1) is 11.6. The Morgan fingerprint density at radius 3 is 2.94 bits per heavy atom. The lowest BCUT2D eigenvalue weighted by Gasteiger charge is -2.14. The van der Waals surface area contributed by atoms with Crippen LogP contribution in [-0.2, 0) is 0 Å². The molecule has 2 heterocycles. The van der Waals surface area contributed by atoms with Gasteiger partial charge in [0.15, 0.2) is 0 Å². The van der Waals surface area contributed by atoms with E-state index in [4.69, 9.17) is 17.3 Å². The highest BCUT2D eigenvalue weighted by Gasteiger charge is 2.16. The summed E-state index contributed by atoms with van der Waals surface area (Å²) in [5.41, 5.74) is 7.87. The van der Waals surface area contributed by atoms with Gasteiger partial charge in [-0.2, -0.15) is 0 Å². The van der Waals surface area contributed by atoms with E-state index >= 15 is 0 Å². The molecular weight excluding hydrogens is 266 g/mol. The van der Waals surface area contributed by atoms with Crippen molar-refractivity contribution in [3.63, 3.8) is 0 Å². The van der Waals surface area contributed by atoms with Gasteiger partial charge in [0.25, 0.3) is 0 Å². The van der Waals surface area contributed by atoms with Crippen LogP contribution in [0.15, 0.2) is 35.7 Å². The number of thiophene rings is 1. The molecule has 18 heavy (non-hydrogen) atoms. The van der Waals surface area contributed by atoms with Crippen molar-refractivity contribution in [3.8, 4) is 0 Å². The number of rotatable bonds is 2. The molecule has 2 aromatic heterocycles. The second-order valence-electron chi connectivity index (χ2n) is 4.16. The molecule has 3 aromatic rings. The van der Waals surface area contributed by atoms with Crippen LogP contribution < -0.4 is 5.73 Å². The second kappa shape index (κ2) is 4.30. The fourth-order valence-electron chi connectivity index (χ4n) is 2.15. The maximum Gasteiger partial charge on any atom is 0.201 e. The molecule has 1 aromatic carbocycles. The first-order valence-electron chi connectivity index (χ1n) is 5.63. The molecule has 2 N–H and O–H groups in total. The average Bonchev–Trinajstić information content (AvgIpc) is 2.94. The van der Waals surface area contributed by atoms with Gasteiger partial charge in [-0.15, -0.1) is 11.3 Å². The minimum Gasteiger partial charge on any atom is -0.369 e. The first-order valence-corrected chi connectivity index (χ1v) is 6.89. The van der Waals surface area contributed by atoms with Gasteiger partial charge in [-0.3, -0.25) is 0 Å². The molecule has 1 unspecified atom stereocenters. The lowest BCUT2D eigenvalue weighted by atomic mass is 10.2. The topological polar surface area (TPSA) is 43.8 Å². The van der Waals surface area contributed by atoms with Crippen LogP contribution in [0.1, 0.15) is 17.8 Å². The lowest BCUT2D eigenvalue weighted by molar-refractivity contribution is 0.680. The Hall–Kier alpha value is -1.52. The van der Waals surface area contributed by atoms with Crippen LogP contribution in [0, 0.1) is 0 Å². The molecule has 3 rings (SSSR count). The van der Waals surface area contributed by atoms with Crippen LogP contribution in [0.25, 0.3) is 11.0 Å². The largest absolute Gasteiger partial charge is 0.369 e. The van der Waals surface area contributed by atoms with Gasteiger partial charge in [-0.05, 0) is 36.6 Å². The molecule has 0 aliphatic rings. The molecule has 0 amide bonds. The Bertz CT molecular complexity index is 688. The number of fused-ring (bicyclic) bond motifs is 1. The Labute approximate surface area is 114 Å². The zero-order valence-corrected chi connectivity index (χ0v) is 11.4. The number of imidazole rings is 1. The van der Waals surface area contributed by atoms with E-state index in [2.05, 4.69) is 23.4 Å². The van der Waals surface area contributed by atoms with E-state index in [0.717, 1.165) is 11.0 Å². The number of benzene rings is 1. The van der Waals surface area contributed by atoms with E-state index in [9.17, 15) is 0 Å². The quantitative estimate of drug-likeness (QED) is 0.771. The Balaban J connectivity index is 2.19. The summed E-state index contributed by atoms with van der Waals surface area (Å²) in [4.78, 5) is 5.63. The summed E-state index contributed by atoms with van der Waals surface area (Å²) >= 11 is 7.69. The maximum atomic E-state index is 6.02. The predicted octanol–water partition coefficient (Wildman–Crippen LogP) is 3.94. The van der Waals surface area contributed by atoms with Crippen molar-refractivity contribution >= 4 is 39.9 Å². The number of nitrogen functional groups attached to an aromatic ring is 1. The van der Waals surface area contributed by atoms with Crippen molar-refractivity contribution in [1.82, 2.24) is 9.55 Å². The second-order valence-corrected chi connectivity index (χ2v) is 5.58. The highest BCUT2D eigenvalue weighted by Crippen LogP contribution is 2.30. The van der Waals surface area contributed by atoms with Crippen LogP contribution in [0.4, 0.5) is 5.95 Å². The highest BCUT2D eigenvalue weighted by molar-refractivity contribution is 7.10. The summed E-state index contributed by atoms with van der Waals surface area (Å²) in [6, 6.07) is 9.99. The van der Waals surface area contributed by atoms with Crippen LogP contribution in [-0.4, -0.2) is 9.55 Å². The average molecular weight is 278 g/mol. The van der Waals surface area contributed by atoms with E-state index in [1.165, 1.54) is 4.88 Å². The standard InChI is InChI=1S/C13H12ClN3S/c1-8(12-3-2-6-18-12)17-11-5-4-9(14)7-10(11)16-13(17)15/h2-8H,1H3,(H2,15,16). The number of hydrogen-bond donors (Lipinski definition) is 1. The van der Waals surface area contributed by atoms with Crippen molar-refractivity contribution < 1.29 is 0 Å². The van der Waals surface area contributed by atoms with Gasteiger partial charge >= 0.3 is 0 Å². The molecule has 5 heteroatoms. The minimum atomic E-state index is 0.177. The summed E-state index contributed by atoms with van der Waals surface area (Å²) in [5.74, 6) is 0.521. The summed E-state index contributed by atoms with van der Waals surface area (Å²) in [6.07, 6.45) is 0. The van der Waals surface area contributed by atoms with Crippen molar-refractivity contribution in [2.24, 2.45) is 0 Å². The van der Waals surface area contributed by atoms with Gasteiger partial charge in [-0.25, -0.2) is 4.98 Å². The zero-order valence-electron chi connectivity index (χ0n) is 9.80. The van der Waals surface area contributed by atoms with Gasteiger partial charge in [0, 0.05) is 9.90 Å². The normalized spacial score (nSPS) is 13.0.